The van der Waals surface area contributed by atoms with Crippen molar-refractivity contribution in [3.63, 3.8) is 0 Å². The van der Waals surface area contributed by atoms with Crippen LogP contribution in [-0.4, -0.2) is 13.1 Å². The Balaban J connectivity index is 2.44. The molecule has 2 N–H and O–H groups in total. The minimum absolute atomic E-state index is 0.0528. The summed E-state index contributed by atoms with van der Waals surface area (Å²) in [6.45, 7) is 1.97. The maximum atomic E-state index is 13.9. The van der Waals surface area contributed by atoms with Crippen molar-refractivity contribution in [2.24, 2.45) is 5.73 Å². The average molecular weight is 337 g/mol. The van der Waals surface area contributed by atoms with E-state index in [0.29, 0.717) is 5.69 Å². The zero-order valence-corrected chi connectivity index (χ0v) is 13.2. The van der Waals surface area contributed by atoms with Gasteiger partial charge < -0.3 is 10.6 Å². The molecule has 2 aromatic rings. The summed E-state index contributed by atoms with van der Waals surface area (Å²) in [5.74, 6) is -0.232. The van der Waals surface area contributed by atoms with E-state index in [4.69, 9.17) is 5.73 Å². The lowest BCUT2D eigenvalue weighted by molar-refractivity contribution is 0.627. The Morgan fingerprint density at radius 3 is 2.55 bits per heavy atom. The standard InChI is InChI=1S/C16H18BrFN2/c1-11(19)9-12-10-13(17)7-8-15(12)20(2)16-6-4-3-5-14(16)18/h3-8,10-11H,9,19H2,1-2H3. The Morgan fingerprint density at radius 1 is 1.20 bits per heavy atom. The Labute approximate surface area is 127 Å². The molecular formula is C16H18BrFN2. The average Bonchev–Trinajstić information content (AvgIpc) is 2.38. The molecule has 0 saturated heterocycles. The summed E-state index contributed by atoms with van der Waals surface area (Å²) in [6.07, 6.45) is 0.744. The Hall–Kier alpha value is -1.39. The second-order valence-corrected chi connectivity index (χ2v) is 5.88. The van der Waals surface area contributed by atoms with E-state index in [1.165, 1.54) is 6.07 Å². The van der Waals surface area contributed by atoms with Gasteiger partial charge in [-0.2, -0.15) is 0 Å². The predicted octanol–water partition coefficient (Wildman–Crippen LogP) is 4.25. The molecule has 0 aliphatic heterocycles. The number of hydrogen-bond acceptors (Lipinski definition) is 2. The largest absolute Gasteiger partial charge is 0.342 e. The first-order valence-corrected chi connectivity index (χ1v) is 7.30. The van der Waals surface area contributed by atoms with Crippen LogP contribution in [-0.2, 0) is 6.42 Å². The number of benzene rings is 2. The number of para-hydroxylation sites is 1. The van der Waals surface area contributed by atoms with Crippen molar-refractivity contribution in [3.05, 3.63) is 58.3 Å². The summed E-state index contributed by atoms with van der Waals surface area (Å²) in [5.41, 5.74) is 8.53. The summed E-state index contributed by atoms with van der Waals surface area (Å²) in [7, 11) is 1.87. The van der Waals surface area contributed by atoms with E-state index in [1.54, 1.807) is 12.1 Å². The van der Waals surface area contributed by atoms with Crippen molar-refractivity contribution in [1.29, 1.82) is 0 Å². The summed E-state index contributed by atoms with van der Waals surface area (Å²) in [6, 6.07) is 12.8. The fraction of sp³-hybridized carbons (Fsp3) is 0.250. The molecule has 0 aromatic heterocycles. The van der Waals surface area contributed by atoms with Gasteiger partial charge in [0, 0.05) is 23.2 Å². The minimum Gasteiger partial charge on any atom is -0.342 e. The van der Waals surface area contributed by atoms with Gasteiger partial charge in [0.2, 0.25) is 0 Å². The van der Waals surface area contributed by atoms with Gasteiger partial charge in [0.15, 0.2) is 0 Å². The van der Waals surface area contributed by atoms with E-state index in [9.17, 15) is 4.39 Å². The molecule has 20 heavy (non-hydrogen) atoms. The lowest BCUT2D eigenvalue weighted by Gasteiger charge is -2.24. The summed E-state index contributed by atoms with van der Waals surface area (Å²) < 4.78 is 14.9. The molecule has 2 rings (SSSR count). The fourth-order valence-electron chi connectivity index (χ4n) is 2.25. The fourth-order valence-corrected chi connectivity index (χ4v) is 2.65. The SMILES string of the molecule is CC(N)Cc1cc(Br)ccc1N(C)c1ccccc1F. The van der Waals surface area contributed by atoms with E-state index in [0.717, 1.165) is 22.1 Å². The van der Waals surface area contributed by atoms with Crippen molar-refractivity contribution in [2.45, 2.75) is 19.4 Å². The molecule has 0 spiro atoms. The molecule has 1 atom stereocenters. The van der Waals surface area contributed by atoms with E-state index in [1.807, 2.05) is 43.1 Å². The highest BCUT2D eigenvalue weighted by Crippen LogP contribution is 2.31. The van der Waals surface area contributed by atoms with Crippen molar-refractivity contribution in [1.82, 2.24) is 0 Å². The van der Waals surface area contributed by atoms with Crippen molar-refractivity contribution in [3.8, 4) is 0 Å². The number of halogens is 2. The van der Waals surface area contributed by atoms with Gasteiger partial charge in [-0.1, -0.05) is 28.1 Å². The topological polar surface area (TPSA) is 29.3 Å². The number of anilines is 2. The molecule has 0 aliphatic carbocycles. The first-order chi connectivity index (χ1) is 9.49. The molecule has 0 aliphatic rings. The van der Waals surface area contributed by atoms with E-state index >= 15 is 0 Å². The second-order valence-electron chi connectivity index (χ2n) is 4.96. The van der Waals surface area contributed by atoms with Crippen LogP contribution in [0.4, 0.5) is 15.8 Å². The van der Waals surface area contributed by atoms with Crippen LogP contribution in [0.25, 0.3) is 0 Å². The van der Waals surface area contributed by atoms with E-state index in [-0.39, 0.29) is 11.9 Å². The molecule has 0 heterocycles. The Bertz CT molecular complexity index is 599. The van der Waals surface area contributed by atoms with E-state index < -0.39 is 0 Å². The van der Waals surface area contributed by atoms with Gasteiger partial charge in [-0.15, -0.1) is 0 Å². The number of nitrogens with zero attached hydrogens (tertiary/aromatic N) is 1. The zero-order chi connectivity index (χ0) is 14.7. The van der Waals surface area contributed by atoms with Gasteiger partial charge in [-0.25, -0.2) is 4.39 Å². The molecule has 4 heteroatoms. The highest BCUT2D eigenvalue weighted by Gasteiger charge is 2.13. The molecule has 0 amide bonds. The van der Waals surface area contributed by atoms with Crippen molar-refractivity contribution < 1.29 is 4.39 Å². The molecular weight excluding hydrogens is 319 g/mol. The van der Waals surface area contributed by atoms with Crippen molar-refractivity contribution >= 4 is 27.3 Å². The number of rotatable bonds is 4. The summed E-state index contributed by atoms with van der Waals surface area (Å²) in [4.78, 5) is 1.86. The molecule has 2 nitrogen and oxygen atoms in total. The van der Waals surface area contributed by atoms with Gasteiger partial charge in [-0.3, -0.25) is 0 Å². The first-order valence-electron chi connectivity index (χ1n) is 6.51. The van der Waals surface area contributed by atoms with Crippen LogP contribution in [0.15, 0.2) is 46.9 Å². The van der Waals surface area contributed by atoms with Crippen LogP contribution in [0, 0.1) is 5.82 Å². The van der Waals surface area contributed by atoms with Crippen LogP contribution >= 0.6 is 15.9 Å². The van der Waals surface area contributed by atoms with Crippen LogP contribution in [0.3, 0.4) is 0 Å². The Kier molecular flexibility index (Phi) is 4.78. The van der Waals surface area contributed by atoms with Gasteiger partial charge in [0.1, 0.15) is 5.82 Å². The van der Waals surface area contributed by atoms with Crippen LogP contribution in [0.5, 0.6) is 0 Å². The van der Waals surface area contributed by atoms with Crippen molar-refractivity contribution in [2.75, 3.05) is 11.9 Å². The zero-order valence-electron chi connectivity index (χ0n) is 11.6. The molecule has 0 fully saturated rings. The number of hydrogen-bond donors (Lipinski definition) is 1. The molecule has 1 unspecified atom stereocenters. The first kappa shape index (κ1) is 15.0. The lowest BCUT2D eigenvalue weighted by atomic mass is 10.0. The molecule has 106 valence electrons. The summed E-state index contributed by atoms with van der Waals surface area (Å²) in [5, 5.41) is 0. The maximum absolute atomic E-state index is 13.9. The third-order valence-electron chi connectivity index (χ3n) is 3.16. The van der Waals surface area contributed by atoms with Gasteiger partial charge in [0.05, 0.1) is 5.69 Å². The smallest absolute Gasteiger partial charge is 0.146 e. The van der Waals surface area contributed by atoms with E-state index in [2.05, 4.69) is 15.9 Å². The van der Waals surface area contributed by atoms with Gasteiger partial charge in [0.25, 0.3) is 0 Å². The molecule has 0 saturated carbocycles. The quantitative estimate of drug-likeness (QED) is 0.904. The Morgan fingerprint density at radius 2 is 1.90 bits per heavy atom. The van der Waals surface area contributed by atoms with Gasteiger partial charge >= 0.3 is 0 Å². The van der Waals surface area contributed by atoms with Gasteiger partial charge in [-0.05, 0) is 49.2 Å². The van der Waals surface area contributed by atoms with Crippen LogP contribution in [0.1, 0.15) is 12.5 Å². The number of nitrogens with two attached hydrogens (primary N) is 1. The molecule has 2 aromatic carbocycles. The highest BCUT2D eigenvalue weighted by molar-refractivity contribution is 9.10. The monoisotopic (exact) mass is 336 g/mol. The normalized spacial score (nSPS) is 12.2. The summed E-state index contributed by atoms with van der Waals surface area (Å²) >= 11 is 3.47. The van der Waals surface area contributed by atoms with Crippen LogP contribution in [0.2, 0.25) is 0 Å². The predicted molar refractivity (Wildman–Crippen MR) is 86.0 cm³/mol. The third-order valence-corrected chi connectivity index (χ3v) is 3.65. The lowest BCUT2D eigenvalue weighted by Crippen LogP contribution is -2.20. The van der Waals surface area contributed by atoms with Crippen LogP contribution < -0.4 is 10.6 Å². The molecule has 0 radical (unpaired) electrons. The maximum Gasteiger partial charge on any atom is 0.146 e. The third kappa shape index (κ3) is 3.38. The molecule has 0 bridgehead atoms. The minimum atomic E-state index is -0.232. The second kappa shape index (κ2) is 6.37. The highest BCUT2D eigenvalue weighted by atomic mass is 79.9.